The molecule has 0 aliphatic carbocycles. The SMILES string of the molecule is CC1=CC(C)(C)N(C)c2ccc(/C=N\NC(=O)c3ccccc3F)cc21. The molecule has 1 aliphatic heterocycles. The van der Waals surface area contributed by atoms with Gasteiger partial charge in [0.15, 0.2) is 0 Å². The summed E-state index contributed by atoms with van der Waals surface area (Å²) in [6, 6.07) is 11.8. The van der Waals surface area contributed by atoms with Crippen LogP contribution in [0.3, 0.4) is 0 Å². The van der Waals surface area contributed by atoms with Crippen molar-refractivity contribution in [1.82, 2.24) is 5.43 Å². The third kappa shape index (κ3) is 3.38. The number of rotatable bonds is 3. The molecule has 5 heteroatoms. The molecule has 26 heavy (non-hydrogen) atoms. The summed E-state index contributed by atoms with van der Waals surface area (Å²) in [7, 11) is 2.07. The number of allylic oxidation sites excluding steroid dienone is 1. The normalized spacial score (nSPS) is 15.6. The largest absolute Gasteiger partial charge is 0.366 e. The van der Waals surface area contributed by atoms with E-state index in [0.717, 1.165) is 16.8 Å². The monoisotopic (exact) mass is 351 g/mol. The third-order valence-corrected chi connectivity index (χ3v) is 4.74. The Balaban J connectivity index is 1.78. The summed E-state index contributed by atoms with van der Waals surface area (Å²) in [6.45, 7) is 6.44. The fourth-order valence-electron chi connectivity index (χ4n) is 3.13. The van der Waals surface area contributed by atoms with Crippen molar-refractivity contribution in [2.24, 2.45) is 5.10 Å². The van der Waals surface area contributed by atoms with Crippen molar-refractivity contribution in [3.63, 3.8) is 0 Å². The second-order valence-corrected chi connectivity index (χ2v) is 7.00. The Bertz CT molecular complexity index is 915. The number of hydrazone groups is 1. The second kappa shape index (κ2) is 6.75. The molecule has 2 aromatic rings. The van der Waals surface area contributed by atoms with Crippen molar-refractivity contribution in [3.8, 4) is 0 Å². The van der Waals surface area contributed by atoms with Crippen LogP contribution in [0.5, 0.6) is 0 Å². The fourth-order valence-corrected chi connectivity index (χ4v) is 3.13. The van der Waals surface area contributed by atoms with E-state index in [1.165, 1.54) is 23.8 Å². The average molecular weight is 351 g/mol. The Kier molecular flexibility index (Phi) is 4.64. The number of fused-ring (bicyclic) bond motifs is 1. The van der Waals surface area contributed by atoms with E-state index in [0.29, 0.717) is 0 Å². The maximum absolute atomic E-state index is 13.6. The average Bonchev–Trinajstić information content (AvgIpc) is 2.60. The quantitative estimate of drug-likeness (QED) is 0.665. The van der Waals surface area contributed by atoms with Crippen molar-refractivity contribution in [2.45, 2.75) is 26.3 Å². The molecule has 3 rings (SSSR count). The van der Waals surface area contributed by atoms with Gasteiger partial charge in [0, 0.05) is 18.3 Å². The summed E-state index contributed by atoms with van der Waals surface area (Å²) >= 11 is 0. The van der Waals surface area contributed by atoms with E-state index in [9.17, 15) is 9.18 Å². The zero-order chi connectivity index (χ0) is 18.9. The molecule has 0 fully saturated rings. The lowest BCUT2D eigenvalue weighted by molar-refractivity contribution is 0.0951. The predicted molar refractivity (Wildman–Crippen MR) is 104 cm³/mol. The van der Waals surface area contributed by atoms with Gasteiger partial charge in [-0.05, 0) is 56.2 Å². The van der Waals surface area contributed by atoms with Gasteiger partial charge in [0.25, 0.3) is 5.91 Å². The molecule has 4 nitrogen and oxygen atoms in total. The maximum Gasteiger partial charge on any atom is 0.274 e. The van der Waals surface area contributed by atoms with Gasteiger partial charge in [-0.2, -0.15) is 5.10 Å². The molecule has 0 aromatic heterocycles. The summed E-state index contributed by atoms with van der Waals surface area (Å²) in [6.07, 6.45) is 3.79. The van der Waals surface area contributed by atoms with Crippen molar-refractivity contribution >= 4 is 23.4 Å². The molecule has 0 saturated carbocycles. The highest BCUT2D eigenvalue weighted by atomic mass is 19.1. The van der Waals surface area contributed by atoms with Crippen molar-refractivity contribution < 1.29 is 9.18 Å². The number of halogens is 1. The van der Waals surface area contributed by atoms with Crippen LogP contribution >= 0.6 is 0 Å². The fraction of sp³-hybridized carbons (Fsp3) is 0.238. The lowest BCUT2D eigenvalue weighted by Crippen LogP contribution is -2.42. The van der Waals surface area contributed by atoms with Crippen molar-refractivity contribution in [3.05, 3.63) is 71.0 Å². The molecular formula is C21H22FN3O. The van der Waals surface area contributed by atoms with Crippen LogP contribution in [0.2, 0.25) is 0 Å². The van der Waals surface area contributed by atoms with Crippen LogP contribution in [-0.2, 0) is 0 Å². The van der Waals surface area contributed by atoms with Crippen LogP contribution in [-0.4, -0.2) is 24.7 Å². The van der Waals surface area contributed by atoms with Gasteiger partial charge in [-0.15, -0.1) is 0 Å². The van der Waals surface area contributed by atoms with E-state index in [1.54, 1.807) is 12.3 Å². The number of carbonyl (C=O) groups is 1. The van der Waals surface area contributed by atoms with Crippen molar-refractivity contribution in [1.29, 1.82) is 0 Å². The predicted octanol–water partition coefficient (Wildman–Crippen LogP) is 4.22. The van der Waals surface area contributed by atoms with Gasteiger partial charge in [-0.25, -0.2) is 9.82 Å². The zero-order valence-corrected chi connectivity index (χ0v) is 15.4. The van der Waals surface area contributed by atoms with Gasteiger partial charge < -0.3 is 4.90 Å². The van der Waals surface area contributed by atoms with Crippen LogP contribution in [0.1, 0.15) is 42.3 Å². The Morgan fingerprint density at radius 3 is 2.69 bits per heavy atom. The molecular weight excluding hydrogens is 329 g/mol. The first-order valence-corrected chi connectivity index (χ1v) is 8.45. The number of amides is 1. The Labute approximate surface area is 153 Å². The van der Waals surface area contributed by atoms with E-state index < -0.39 is 11.7 Å². The zero-order valence-electron chi connectivity index (χ0n) is 15.4. The molecule has 134 valence electrons. The second-order valence-electron chi connectivity index (χ2n) is 7.00. The topological polar surface area (TPSA) is 44.7 Å². The summed E-state index contributed by atoms with van der Waals surface area (Å²) in [5, 5.41) is 3.96. The minimum Gasteiger partial charge on any atom is -0.366 e. The minimum atomic E-state index is -0.574. The van der Waals surface area contributed by atoms with Crippen LogP contribution in [0.15, 0.2) is 53.6 Å². The highest BCUT2D eigenvalue weighted by Gasteiger charge is 2.28. The number of nitrogens with one attached hydrogen (secondary N) is 1. The number of likely N-dealkylation sites (N-methyl/N-ethyl adjacent to an activating group) is 1. The molecule has 1 heterocycles. The lowest BCUT2D eigenvalue weighted by atomic mass is 9.89. The molecule has 0 unspecified atom stereocenters. The van der Waals surface area contributed by atoms with E-state index >= 15 is 0 Å². The van der Waals surface area contributed by atoms with Crippen LogP contribution in [0.25, 0.3) is 5.57 Å². The number of hydrogen-bond donors (Lipinski definition) is 1. The molecule has 1 aliphatic rings. The van der Waals surface area contributed by atoms with Gasteiger partial charge in [0.1, 0.15) is 5.82 Å². The van der Waals surface area contributed by atoms with E-state index in [-0.39, 0.29) is 11.1 Å². The number of carbonyl (C=O) groups excluding carboxylic acids is 1. The Hall–Kier alpha value is -2.95. The number of benzene rings is 2. The molecule has 1 amide bonds. The summed E-state index contributed by atoms with van der Waals surface area (Å²) in [4.78, 5) is 14.2. The van der Waals surface area contributed by atoms with E-state index in [4.69, 9.17) is 0 Å². The maximum atomic E-state index is 13.6. The van der Waals surface area contributed by atoms with Crippen molar-refractivity contribution in [2.75, 3.05) is 11.9 Å². The van der Waals surface area contributed by atoms with E-state index in [1.807, 2.05) is 18.2 Å². The van der Waals surface area contributed by atoms with Crippen LogP contribution in [0, 0.1) is 5.82 Å². The highest BCUT2D eigenvalue weighted by molar-refractivity contribution is 5.95. The molecule has 2 aromatic carbocycles. The number of hydrogen-bond acceptors (Lipinski definition) is 3. The molecule has 0 spiro atoms. The van der Waals surface area contributed by atoms with Gasteiger partial charge in [-0.3, -0.25) is 4.79 Å². The van der Waals surface area contributed by atoms with Crippen LogP contribution in [0.4, 0.5) is 10.1 Å². The summed E-state index contributed by atoms with van der Waals surface area (Å²) in [5.41, 5.74) is 6.65. The lowest BCUT2D eigenvalue weighted by Gasteiger charge is -2.40. The summed E-state index contributed by atoms with van der Waals surface area (Å²) in [5.74, 6) is -1.14. The first-order valence-electron chi connectivity index (χ1n) is 8.45. The third-order valence-electron chi connectivity index (χ3n) is 4.74. The van der Waals surface area contributed by atoms with Gasteiger partial charge in [-0.1, -0.05) is 24.3 Å². The minimum absolute atomic E-state index is 0.0299. The first-order chi connectivity index (χ1) is 12.3. The molecule has 0 saturated heterocycles. The molecule has 0 atom stereocenters. The number of nitrogens with zero attached hydrogens (tertiary/aromatic N) is 2. The smallest absolute Gasteiger partial charge is 0.274 e. The van der Waals surface area contributed by atoms with Crippen LogP contribution < -0.4 is 10.3 Å². The summed E-state index contributed by atoms with van der Waals surface area (Å²) < 4.78 is 13.6. The highest BCUT2D eigenvalue weighted by Crippen LogP contribution is 2.37. The van der Waals surface area contributed by atoms with E-state index in [2.05, 4.69) is 49.3 Å². The van der Waals surface area contributed by atoms with Gasteiger partial charge in [0.2, 0.25) is 0 Å². The van der Waals surface area contributed by atoms with Gasteiger partial charge >= 0.3 is 0 Å². The standard InChI is InChI=1S/C21H22FN3O/c1-14-12-21(2,3)25(4)19-10-9-15(11-17(14)19)13-23-24-20(26)16-7-5-6-8-18(16)22/h5-13H,1-4H3,(H,24,26)/b23-13-. The number of anilines is 1. The Morgan fingerprint density at radius 2 is 1.96 bits per heavy atom. The Morgan fingerprint density at radius 1 is 1.23 bits per heavy atom. The van der Waals surface area contributed by atoms with Gasteiger partial charge in [0.05, 0.1) is 17.3 Å². The molecule has 0 bridgehead atoms. The molecule has 0 radical (unpaired) electrons. The molecule has 1 N–H and O–H groups in total. The first kappa shape index (κ1) is 17.9.